The zero-order valence-corrected chi connectivity index (χ0v) is 14.1. The molecule has 0 fully saturated rings. The molecule has 0 aliphatic rings. The number of carbonyl (C=O) groups is 1. The first kappa shape index (κ1) is 19.8. The third-order valence-electron chi connectivity index (χ3n) is 3.58. The standard InChI is InChI=1S/C17H15ClN2O3.ClH/c18-15-3-2-11(12(9-20)7-17(22)23)6-13(15)14-5-10(8-19)1-4-16(14)21;/h1-6,12,21H,7,9,20H2,(H,22,23);1H/t12-;/m0./s1. The summed E-state index contributed by atoms with van der Waals surface area (Å²) in [5.74, 6) is -1.30. The van der Waals surface area contributed by atoms with Crippen LogP contribution in [-0.4, -0.2) is 22.7 Å². The second-order valence-electron chi connectivity index (χ2n) is 5.11. The first-order chi connectivity index (χ1) is 11.0. The highest BCUT2D eigenvalue weighted by molar-refractivity contribution is 6.33. The van der Waals surface area contributed by atoms with Crippen LogP contribution in [0.1, 0.15) is 23.5 Å². The van der Waals surface area contributed by atoms with Crippen LogP contribution < -0.4 is 5.73 Å². The Labute approximate surface area is 150 Å². The van der Waals surface area contributed by atoms with E-state index < -0.39 is 5.97 Å². The number of halogens is 2. The Morgan fingerprint density at radius 1 is 1.25 bits per heavy atom. The molecule has 126 valence electrons. The highest BCUT2D eigenvalue weighted by atomic mass is 35.5. The van der Waals surface area contributed by atoms with Crippen LogP contribution in [0.25, 0.3) is 11.1 Å². The largest absolute Gasteiger partial charge is 0.507 e. The Bertz CT molecular complexity index is 788. The van der Waals surface area contributed by atoms with Gasteiger partial charge in [-0.3, -0.25) is 4.79 Å². The van der Waals surface area contributed by atoms with E-state index in [0.717, 1.165) is 5.56 Å². The third-order valence-corrected chi connectivity index (χ3v) is 3.91. The smallest absolute Gasteiger partial charge is 0.304 e. The van der Waals surface area contributed by atoms with Crippen molar-refractivity contribution >= 4 is 30.0 Å². The van der Waals surface area contributed by atoms with Crippen molar-refractivity contribution in [1.29, 1.82) is 5.26 Å². The number of nitrogens with zero attached hydrogens (tertiary/aromatic N) is 1. The topological polar surface area (TPSA) is 107 Å². The number of aliphatic carboxylic acids is 1. The van der Waals surface area contributed by atoms with E-state index in [1.54, 1.807) is 18.2 Å². The van der Waals surface area contributed by atoms with Gasteiger partial charge in [0.05, 0.1) is 18.1 Å². The van der Waals surface area contributed by atoms with Crippen LogP contribution in [0.2, 0.25) is 5.02 Å². The molecule has 1 atom stereocenters. The number of carboxylic acids is 1. The number of nitriles is 1. The summed E-state index contributed by atoms with van der Waals surface area (Å²) < 4.78 is 0. The van der Waals surface area contributed by atoms with E-state index in [-0.39, 0.29) is 37.0 Å². The van der Waals surface area contributed by atoms with Crippen LogP contribution in [-0.2, 0) is 4.79 Å². The summed E-state index contributed by atoms with van der Waals surface area (Å²) in [6.07, 6.45) is -0.0954. The van der Waals surface area contributed by atoms with Crippen molar-refractivity contribution in [2.45, 2.75) is 12.3 Å². The monoisotopic (exact) mass is 366 g/mol. The number of benzene rings is 2. The number of carboxylic acid groups (broad SMARTS) is 1. The van der Waals surface area contributed by atoms with Crippen LogP contribution >= 0.6 is 24.0 Å². The lowest BCUT2D eigenvalue weighted by molar-refractivity contribution is -0.137. The predicted molar refractivity (Wildman–Crippen MR) is 94.6 cm³/mol. The third kappa shape index (κ3) is 4.39. The molecule has 5 nitrogen and oxygen atoms in total. The molecule has 0 heterocycles. The zero-order chi connectivity index (χ0) is 17.0. The highest BCUT2D eigenvalue weighted by Gasteiger charge is 2.17. The fourth-order valence-corrected chi connectivity index (χ4v) is 2.59. The van der Waals surface area contributed by atoms with Gasteiger partial charge in [-0.2, -0.15) is 5.26 Å². The molecule has 7 heteroatoms. The maximum atomic E-state index is 10.9. The van der Waals surface area contributed by atoms with Gasteiger partial charge in [0.15, 0.2) is 0 Å². The lowest BCUT2D eigenvalue weighted by Crippen LogP contribution is -2.16. The van der Waals surface area contributed by atoms with E-state index >= 15 is 0 Å². The van der Waals surface area contributed by atoms with Gasteiger partial charge in [-0.05, 0) is 42.4 Å². The SMILES string of the molecule is Cl.N#Cc1ccc(O)c(-c2cc([C@H](CN)CC(=O)O)ccc2Cl)c1. The van der Waals surface area contributed by atoms with Crippen LogP contribution in [0.5, 0.6) is 5.75 Å². The maximum Gasteiger partial charge on any atom is 0.304 e. The molecule has 2 rings (SSSR count). The molecule has 0 aliphatic carbocycles. The summed E-state index contributed by atoms with van der Waals surface area (Å²) in [6.45, 7) is 0.178. The van der Waals surface area contributed by atoms with Gasteiger partial charge in [0.25, 0.3) is 0 Å². The number of phenols is 1. The average molecular weight is 367 g/mol. The minimum absolute atomic E-state index is 0. The van der Waals surface area contributed by atoms with E-state index in [4.69, 9.17) is 27.7 Å². The number of phenolic OH excluding ortho intramolecular Hbond substituents is 1. The Morgan fingerprint density at radius 2 is 1.96 bits per heavy atom. The molecule has 24 heavy (non-hydrogen) atoms. The average Bonchev–Trinajstić information content (AvgIpc) is 2.54. The van der Waals surface area contributed by atoms with Gasteiger partial charge in [0.1, 0.15) is 5.75 Å². The lowest BCUT2D eigenvalue weighted by atomic mass is 9.92. The summed E-state index contributed by atoms with van der Waals surface area (Å²) in [4.78, 5) is 10.9. The van der Waals surface area contributed by atoms with E-state index in [1.807, 2.05) is 6.07 Å². The maximum absolute atomic E-state index is 10.9. The minimum atomic E-state index is -0.939. The molecule has 0 saturated heterocycles. The minimum Gasteiger partial charge on any atom is -0.507 e. The van der Waals surface area contributed by atoms with Crippen LogP contribution in [0.3, 0.4) is 0 Å². The van der Waals surface area contributed by atoms with Gasteiger partial charge >= 0.3 is 5.97 Å². The Balaban J connectivity index is 0.00000288. The van der Waals surface area contributed by atoms with Gasteiger partial charge in [0.2, 0.25) is 0 Å². The second-order valence-corrected chi connectivity index (χ2v) is 5.52. The molecule has 0 bridgehead atoms. The van der Waals surface area contributed by atoms with Crippen LogP contribution in [0.4, 0.5) is 0 Å². The molecule has 0 radical (unpaired) electrons. The molecule has 4 N–H and O–H groups in total. The summed E-state index contributed by atoms with van der Waals surface area (Å²) in [7, 11) is 0. The molecule has 0 saturated carbocycles. The molecule has 0 aromatic heterocycles. The normalized spacial score (nSPS) is 11.2. The molecule has 0 aliphatic heterocycles. The number of nitrogens with two attached hydrogens (primary N) is 1. The van der Waals surface area contributed by atoms with Gasteiger partial charge in [-0.1, -0.05) is 17.7 Å². The summed E-state index contributed by atoms with van der Waals surface area (Å²) in [5.41, 5.74) is 7.72. The molecule has 2 aromatic carbocycles. The number of hydrogen-bond acceptors (Lipinski definition) is 4. The number of rotatable bonds is 5. The zero-order valence-electron chi connectivity index (χ0n) is 12.6. The van der Waals surface area contributed by atoms with Gasteiger partial charge in [-0.25, -0.2) is 0 Å². The van der Waals surface area contributed by atoms with Crippen molar-refractivity contribution in [1.82, 2.24) is 0 Å². The Morgan fingerprint density at radius 3 is 2.54 bits per heavy atom. The van der Waals surface area contributed by atoms with Crippen molar-refractivity contribution in [2.75, 3.05) is 6.54 Å². The van der Waals surface area contributed by atoms with E-state index in [2.05, 4.69) is 0 Å². The van der Waals surface area contributed by atoms with Crippen LogP contribution in [0.15, 0.2) is 36.4 Å². The van der Waals surface area contributed by atoms with Crippen molar-refractivity contribution in [2.24, 2.45) is 5.73 Å². The van der Waals surface area contributed by atoms with Crippen molar-refractivity contribution in [3.05, 3.63) is 52.5 Å². The van der Waals surface area contributed by atoms with Crippen molar-refractivity contribution < 1.29 is 15.0 Å². The van der Waals surface area contributed by atoms with E-state index in [1.165, 1.54) is 18.2 Å². The fourth-order valence-electron chi connectivity index (χ4n) is 2.37. The lowest BCUT2D eigenvalue weighted by Gasteiger charge is -2.16. The first-order valence-electron chi connectivity index (χ1n) is 6.91. The summed E-state index contributed by atoms with van der Waals surface area (Å²) in [5, 5.41) is 28.4. The van der Waals surface area contributed by atoms with Crippen molar-refractivity contribution in [3.63, 3.8) is 0 Å². The fraction of sp³-hybridized carbons (Fsp3) is 0.176. The van der Waals surface area contributed by atoms with Gasteiger partial charge in [-0.15, -0.1) is 12.4 Å². The molecular formula is C17H16Cl2N2O3. The molecule has 0 unspecified atom stereocenters. The summed E-state index contributed by atoms with van der Waals surface area (Å²) >= 11 is 6.21. The quantitative estimate of drug-likeness (QED) is 0.749. The van der Waals surface area contributed by atoms with Gasteiger partial charge < -0.3 is 15.9 Å². The molecule has 0 spiro atoms. The van der Waals surface area contributed by atoms with E-state index in [0.29, 0.717) is 21.7 Å². The first-order valence-corrected chi connectivity index (χ1v) is 7.28. The predicted octanol–water partition coefficient (Wildman–Crippen LogP) is 3.52. The van der Waals surface area contributed by atoms with Crippen LogP contribution in [0, 0.1) is 11.3 Å². The number of hydrogen-bond donors (Lipinski definition) is 3. The molecule has 0 amide bonds. The highest BCUT2D eigenvalue weighted by Crippen LogP contribution is 2.37. The number of aromatic hydroxyl groups is 1. The Kier molecular flexibility index (Phi) is 7.05. The second kappa shape index (κ2) is 8.55. The molecule has 2 aromatic rings. The Hall–Kier alpha value is -2.26. The van der Waals surface area contributed by atoms with E-state index in [9.17, 15) is 9.90 Å². The van der Waals surface area contributed by atoms with Crippen molar-refractivity contribution in [3.8, 4) is 22.9 Å². The van der Waals surface area contributed by atoms with Gasteiger partial charge in [0, 0.05) is 22.1 Å². The summed E-state index contributed by atoms with van der Waals surface area (Å²) in [6, 6.07) is 11.5. The molecular weight excluding hydrogens is 351 g/mol.